The first-order valence-electron chi connectivity index (χ1n) is 11.0. The van der Waals surface area contributed by atoms with Crippen LogP contribution < -0.4 is 15.6 Å². The van der Waals surface area contributed by atoms with E-state index in [1.807, 2.05) is 18.2 Å². The quantitative estimate of drug-likeness (QED) is 0.753. The highest BCUT2D eigenvalue weighted by molar-refractivity contribution is 5.99. The highest BCUT2D eigenvalue weighted by Gasteiger charge is 2.51. The van der Waals surface area contributed by atoms with E-state index in [9.17, 15) is 9.59 Å². The Bertz CT molecular complexity index is 981. The summed E-state index contributed by atoms with van der Waals surface area (Å²) in [4.78, 5) is 29.9. The molecule has 2 amide bonds. The molecular weight excluding hydrogens is 378 g/mol. The monoisotopic (exact) mass is 407 g/mol. The Morgan fingerprint density at radius 1 is 1.07 bits per heavy atom. The fourth-order valence-corrected chi connectivity index (χ4v) is 6.69. The molecule has 0 unspecified atom stereocenters. The Kier molecular flexibility index (Phi) is 4.68. The average Bonchev–Trinajstić information content (AvgIpc) is 2.69. The molecule has 4 bridgehead atoms. The molecule has 4 aliphatic carbocycles. The van der Waals surface area contributed by atoms with E-state index in [-0.39, 0.29) is 17.2 Å². The Balaban J connectivity index is 1.24. The summed E-state index contributed by atoms with van der Waals surface area (Å²) in [5, 5.41) is 0.853. The van der Waals surface area contributed by atoms with Gasteiger partial charge in [-0.2, -0.15) is 0 Å². The summed E-state index contributed by atoms with van der Waals surface area (Å²) in [7, 11) is 1.61. The van der Waals surface area contributed by atoms with Gasteiger partial charge in [0.1, 0.15) is 5.75 Å². The van der Waals surface area contributed by atoms with E-state index in [2.05, 4.69) is 15.8 Å². The first-order valence-corrected chi connectivity index (χ1v) is 11.0. The zero-order valence-corrected chi connectivity index (χ0v) is 17.7. The van der Waals surface area contributed by atoms with Crippen LogP contribution in [0.4, 0.5) is 0 Å². The number of nitrogens with zero attached hydrogens (tertiary/aromatic N) is 1. The van der Waals surface area contributed by atoms with Gasteiger partial charge in [0.05, 0.1) is 23.9 Å². The first kappa shape index (κ1) is 19.3. The van der Waals surface area contributed by atoms with Gasteiger partial charge in [0.25, 0.3) is 5.91 Å². The maximum Gasteiger partial charge on any atom is 0.271 e. The molecule has 0 atom stereocenters. The van der Waals surface area contributed by atoms with Gasteiger partial charge >= 0.3 is 0 Å². The molecular formula is C24H29N3O3. The number of amides is 2. The number of pyridine rings is 1. The number of nitrogens with one attached hydrogen (secondary N) is 2. The first-order chi connectivity index (χ1) is 14.4. The third-order valence-electron chi connectivity index (χ3n) is 7.48. The molecule has 30 heavy (non-hydrogen) atoms. The second kappa shape index (κ2) is 7.25. The molecule has 4 fully saturated rings. The van der Waals surface area contributed by atoms with Crippen molar-refractivity contribution in [2.24, 2.45) is 23.2 Å². The van der Waals surface area contributed by atoms with Crippen molar-refractivity contribution in [2.75, 3.05) is 7.11 Å². The van der Waals surface area contributed by atoms with Gasteiger partial charge < -0.3 is 4.74 Å². The maximum atomic E-state index is 12.7. The van der Waals surface area contributed by atoms with Crippen LogP contribution >= 0.6 is 0 Å². The molecule has 1 heterocycles. The summed E-state index contributed by atoms with van der Waals surface area (Å²) in [6, 6.07) is 7.37. The van der Waals surface area contributed by atoms with E-state index in [4.69, 9.17) is 4.74 Å². The van der Waals surface area contributed by atoms with Crippen LogP contribution in [-0.2, 0) is 4.79 Å². The van der Waals surface area contributed by atoms with Gasteiger partial charge in [-0.05, 0) is 86.8 Å². The van der Waals surface area contributed by atoms with Crippen molar-refractivity contribution in [3.8, 4) is 5.75 Å². The molecule has 0 saturated heterocycles. The average molecular weight is 408 g/mol. The summed E-state index contributed by atoms with van der Waals surface area (Å²) in [5.74, 6) is 2.73. The number of aryl methyl sites for hydroxylation is 1. The van der Waals surface area contributed by atoms with Gasteiger partial charge in [-0.25, -0.2) is 0 Å². The molecule has 0 radical (unpaired) electrons. The van der Waals surface area contributed by atoms with Gasteiger partial charge in [0.2, 0.25) is 5.91 Å². The van der Waals surface area contributed by atoms with Crippen LogP contribution in [0, 0.1) is 30.1 Å². The number of benzene rings is 1. The van der Waals surface area contributed by atoms with Gasteiger partial charge in [-0.15, -0.1) is 0 Å². The molecule has 6 heteroatoms. The summed E-state index contributed by atoms with van der Waals surface area (Å²) in [5.41, 5.74) is 7.27. The molecule has 2 aromatic rings. The minimum absolute atomic E-state index is 0.0820. The predicted molar refractivity (Wildman–Crippen MR) is 114 cm³/mol. The molecule has 0 spiro atoms. The van der Waals surface area contributed by atoms with Crippen LogP contribution in [0.3, 0.4) is 0 Å². The number of rotatable bonds is 4. The second-order valence-electron chi connectivity index (χ2n) is 9.78. The zero-order chi connectivity index (χ0) is 20.9. The van der Waals surface area contributed by atoms with Crippen LogP contribution in [-0.4, -0.2) is 23.9 Å². The number of carbonyl (C=O) groups is 2. The Morgan fingerprint density at radius 3 is 2.37 bits per heavy atom. The normalized spacial score (nSPS) is 29.1. The fraction of sp³-hybridized carbons (Fsp3) is 0.542. The predicted octanol–water partition coefficient (Wildman–Crippen LogP) is 3.92. The number of carbonyl (C=O) groups excluding carboxylic acids is 2. The molecule has 1 aromatic carbocycles. The van der Waals surface area contributed by atoms with Crippen LogP contribution in [0.15, 0.2) is 24.3 Å². The van der Waals surface area contributed by atoms with Gasteiger partial charge in [0, 0.05) is 17.9 Å². The molecule has 2 N–H and O–H groups in total. The number of hydrogen-bond acceptors (Lipinski definition) is 4. The highest BCUT2D eigenvalue weighted by atomic mass is 16.5. The van der Waals surface area contributed by atoms with Gasteiger partial charge in [-0.3, -0.25) is 25.4 Å². The second-order valence-corrected chi connectivity index (χ2v) is 9.78. The molecule has 6 nitrogen and oxygen atoms in total. The highest BCUT2D eigenvalue weighted by Crippen LogP contribution is 2.61. The lowest BCUT2D eigenvalue weighted by Gasteiger charge is -2.56. The van der Waals surface area contributed by atoms with Gasteiger partial charge in [0.15, 0.2) is 0 Å². The summed E-state index contributed by atoms with van der Waals surface area (Å²) in [6.07, 6.45) is 8.13. The summed E-state index contributed by atoms with van der Waals surface area (Å²) in [6.45, 7) is 1.80. The lowest BCUT2D eigenvalue weighted by Crippen LogP contribution is -2.50. The van der Waals surface area contributed by atoms with E-state index >= 15 is 0 Å². The molecule has 6 rings (SSSR count). The minimum atomic E-state index is -0.336. The largest absolute Gasteiger partial charge is 0.497 e. The molecule has 158 valence electrons. The van der Waals surface area contributed by atoms with E-state index in [1.54, 1.807) is 20.1 Å². The number of methoxy groups -OCH3 is 1. The number of aromatic nitrogens is 1. The summed E-state index contributed by atoms with van der Waals surface area (Å²) < 4.78 is 5.24. The standard InChI is InChI=1S/C24H29N3O3/c1-14-20(8-18-3-4-19(30-2)9-21(18)25-14)23(29)27-26-22(28)13-24-10-15-5-16(11-24)7-17(6-15)12-24/h3-4,8-9,15-17H,5-7,10-13H2,1-2H3,(H,26,28)(H,27,29). The Morgan fingerprint density at radius 2 is 1.73 bits per heavy atom. The van der Waals surface area contributed by atoms with E-state index in [0.29, 0.717) is 17.7 Å². The maximum absolute atomic E-state index is 12.7. The van der Waals surface area contributed by atoms with E-state index < -0.39 is 0 Å². The van der Waals surface area contributed by atoms with Crippen LogP contribution in [0.1, 0.15) is 61.0 Å². The molecule has 0 aliphatic heterocycles. The van der Waals surface area contributed by atoms with Crippen molar-refractivity contribution in [1.82, 2.24) is 15.8 Å². The number of hydrogen-bond donors (Lipinski definition) is 2. The summed E-state index contributed by atoms with van der Waals surface area (Å²) >= 11 is 0. The van der Waals surface area contributed by atoms with Crippen molar-refractivity contribution >= 4 is 22.7 Å². The third kappa shape index (κ3) is 3.53. The molecule has 1 aromatic heterocycles. The van der Waals surface area contributed by atoms with Crippen LogP contribution in [0.2, 0.25) is 0 Å². The molecule has 4 aliphatic rings. The van der Waals surface area contributed by atoms with Crippen LogP contribution in [0.25, 0.3) is 10.9 Å². The zero-order valence-electron chi connectivity index (χ0n) is 17.7. The van der Waals surface area contributed by atoms with Crippen molar-refractivity contribution in [1.29, 1.82) is 0 Å². The lowest BCUT2D eigenvalue weighted by molar-refractivity contribution is -0.130. The topological polar surface area (TPSA) is 80.3 Å². The Labute approximate surface area is 176 Å². The number of ether oxygens (including phenoxy) is 1. The van der Waals surface area contributed by atoms with Crippen molar-refractivity contribution < 1.29 is 14.3 Å². The van der Waals surface area contributed by atoms with Crippen molar-refractivity contribution in [3.63, 3.8) is 0 Å². The van der Waals surface area contributed by atoms with Crippen molar-refractivity contribution in [3.05, 3.63) is 35.5 Å². The number of fused-ring (bicyclic) bond motifs is 1. The number of hydrazine groups is 1. The van der Waals surface area contributed by atoms with Crippen LogP contribution in [0.5, 0.6) is 5.75 Å². The lowest BCUT2D eigenvalue weighted by atomic mass is 9.49. The van der Waals surface area contributed by atoms with E-state index in [1.165, 1.54) is 38.5 Å². The smallest absolute Gasteiger partial charge is 0.271 e. The Hall–Kier alpha value is -2.63. The van der Waals surface area contributed by atoms with Crippen molar-refractivity contribution in [2.45, 2.75) is 51.9 Å². The fourth-order valence-electron chi connectivity index (χ4n) is 6.69. The molecule has 4 saturated carbocycles. The third-order valence-corrected chi connectivity index (χ3v) is 7.48. The van der Waals surface area contributed by atoms with Gasteiger partial charge in [-0.1, -0.05) is 0 Å². The SMILES string of the molecule is COc1ccc2cc(C(=O)NNC(=O)CC34CC5CC(CC(C5)C3)C4)c(C)nc2c1. The van der Waals surface area contributed by atoms with E-state index in [0.717, 1.165) is 34.4 Å². The minimum Gasteiger partial charge on any atom is -0.497 e.